The van der Waals surface area contributed by atoms with Crippen molar-refractivity contribution in [2.75, 3.05) is 26.7 Å². The smallest absolute Gasteiger partial charge is 0.0472 e. The topological polar surface area (TPSA) is 15.3 Å². The quantitative estimate of drug-likeness (QED) is 0.777. The van der Waals surface area contributed by atoms with E-state index in [1.807, 2.05) is 0 Å². The predicted molar refractivity (Wildman–Crippen MR) is 68.9 cm³/mol. The highest BCUT2D eigenvalue weighted by molar-refractivity contribution is 5.40. The van der Waals surface area contributed by atoms with Crippen LogP contribution in [0.5, 0.6) is 0 Å². The Bertz CT molecular complexity index is 385. The van der Waals surface area contributed by atoms with Crippen LogP contribution in [-0.2, 0) is 0 Å². The van der Waals surface area contributed by atoms with Crippen LogP contribution in [0.25, 0.3) is 0 Å². The van der Waals surface area contributed by atoms with Gasteiger partial charge in [-0.25, -0.2) is 0 Å². The van der Waals surface area contributed by atoms with Gasteiger partial charge in [0.25, 0.3) is 0 Å². The normalized spacial score (nSPS) is 22.4. The molecule has 1 aromatic rings. The van der Waals surface area contributed by atoms with Crippen LogP contribution >= 0.6 is 0 Å². The minimum atomic E-state index is 0.535. The molecule has 1 atom stereocenters. The molecule has 0 radical (unpaired) electrons. The van der Waals surface area contributed by atoms with Crippen molar-refractivity contribution in [2.24, 2.45) is 0 Å². The third-order valence-electron chi connectivity index (χ3n) is 3.97. The van der Waals surface area contributed by atoms with Crippen LogP contribution < -0.4 is 5.32 Å². The SMILES string of the molecule is Cc1ccc(C2CNCCN2C)c(C)c1C. The zero-order valence-corrected chi connectivity index (χ0v) is 10.8. The summed E-state index contributed by atoms with van der Waals surface area (Å²) in [5, 5.41) is 3.48. The van der Waals surface area contributed by atoms with Gasteiger partial charge >= 0.3 is 0 Å². The van der Waals surface area contributed by atoms with Crippen molar-refractivity contribution in [3.8, 4) is 0 Å². The third kappa shape index (κ3) is 2.00. The summed E-state index contributed by atoms with van der Waals surface area (Å²) in [4.78, 5) is 2.45. The molecule has 16 heavy (non-hydrogen) atoms. The first-order valence-corrected chi connectivity index (χ1v) is 6.09. The standard InChI is InChI=1S/C14H22N2/c1-10-5-6-13(12(3)11(10)2)14-9-15-7-8-16(14)4/h5-6,14-15H,7-9H2,1-4H3. The molecule has 88 valence electrons. The van der Waals surface area contributed by atoms with E-state index in [4.69, 9.17) is 0 Å². The summed E-state index contributed by atoms with van der Waals surface area (Å²) in [7, 11) is 2.22. The molecule has 0 aromatic heterocycles. The average molecular weight is 218 g/mol. The van der Waals surface area contributed by atoms with E-state index in [0.717, 1.165) is 19.6 Å². The number of rotatable bonds is 1. The summed E-state index contributed by atoms with van der Waals surface area (Å²) in [6.45, 7) is 9.98. The summed E-state index contributed by atoms with van der Waals surface area (Å²) >= 11 is 0. The van der Waals surface area contributed by atoms with Gasteiger partial charge in [-0.3, -0.25) is 4.90 Å². The van der Waals surface area contributed by atoms with Crippen LogP contribution in [0.1, 0.15) is 28.3 Å². The van der Waals surface area contributed by atoms with Crippen molar-refractivity contribution in [3.05, 3.63) is 34.4 Å². The Kier molecular flexibility index (Phi) is 3.31. The number of nitrogens with zero attached hydrogens (tertiary/aromatic N) is 1. The molecule has 1 fully saturated rings. The van der Waals surface area contributed by atoms with Gasteiger partial charge in [0.05, 0.1) is 0 Å². The molecular formula is C14H22N2. The first kappa shape index (κ1) is 11.6. The molecule has 0 aliphatic carbocycles. The maximum atomic E-state index is 3.48. The molecule has 1 unspecified atom stereocenters. The molecule has 1 aliphatic rings. The van der Waals surface area contributed by atoms with Crippen molar-refractivity contribution in [1.29, 1.82) is 0 Å². The molecule has 0 bridgehead atoms. The Balaban J connectivity index is 2.36. The van der Waals surface area contributed by atoms with Crippen LogP contribution in [0, 0.1) is 20.8 Å². The molecule has 1 N–H and O–H groups in total. The highest BCUT2D eigenvalue weighted by atomic mass is 15.2. The van der Waals surface area contributed by atoms with E-state index in [2.05, 4.69) is 50.2 Å². The molecule has 0 spiro atoms. The lowest BCUT2D eigenvalue weighted by molar-refractivity contribution is 0.201. The van der Waals surface area contributed by atoms with Crippen LogP contribution in [0.3, 0.4) is 0 Å². The zero-order chi connectivity index (χ0) is 11.7. The fourth-order valence-electron chi connectivity index (χ4n) is 2.49. The van der Waals surface area contributed by atoms with Crippen molar-refractivity contribution >= 4 is 0 Å². The summed E-state index contributed by atoms with van der Waals surface area (Å²) in [6.07, 6.45) is 0. The van der Waals surface area contributed by atoms with E-state index in [9.17, 15) is 0 Å². The number of piperazine rings is 1. The second-order valence-electron chi connectivity index (χ2n) is 4.92. The van der Waals surface area contributed by atoms with E-state index in [-0.39, 0.29) is 0 Å². The largest absolute Gasteiger partial charge is 0.314 e. The lowest BCUT2D eigenvalue weighted by Gasteiger charge is -2.34. The van der Waals surface area contributed by atoms with Crippen molar-refractivity contribution in [3.63, 3.8) is 0 Å². The van der Waals surface area contributed by atoms with Crippen molar-refractivity contribution in [2.45, 2.75) is 26.8 Å². The number of hydrogen-bond acceptors (Lipinski definition) is 2. The third-order valence-corrected chi connectivity index (χ3v) is 3.97. The first-order valence-electron chi connectivity index (χ1n) is 6.09. The van der Waals surface area contributed by atoms with Gasteiger partial charge in [0.1, 0.15) is 0 Å². The molecular weight excluding hydrogens is 196 g/mol. The number of aryl methyl sites for hydroxylation is 1. The van der Waals surface area contributed by atoms with Gasteiger partial charge in [-0.1, -0.05) is 12.1 Å². The Labute approximate surface area is 98.7 Å². The molecule has 0 amide bonds. The summed E-state index contributed by atoms with van der Waals surface area (Å²) in [6, 6.07) is 5.08. The first-order chi connectivity index (χ1) is 7.61. The fourth-order valence-corrected chi connectivity index (χ4v) is 2.49. The van der Waals surface area contributed by atoms with E-state index >= 15 is 0 Å². The second kappa shape index (κ2) is 4.56. The molecule has 0 saturated carbocycles. The van der Waals surface area contributed by atoms with Crippen LogP contribution in [0.4, 0.5) is 0 Å². The molecule has 1 saturated heterocycles. The Morgan fingerprint density at radius 3 is 2.62 bits per heavy atom. The summed E-state index contributed by atoms with van der Waals surface area (Å²) < 4.78 is 0. The Morgan fingerprint density at radius 1 is 1.19 bits per heavy atom. The van der Waals surface area contributed by atoms with E-state index in [0.29, 0.717) is 6.04 Å². The van der Waals surface area contributed by atoms with Crippen molar-refractivity contribution < 1.29 is 0 Å². The maximum absolute atomic E-state index is 3.48. The molecule has 2 rings (SSSR count). The molecule has 2 heteroatoms. The molecule has 1 aromatic carbocycles. The monoisotopic (exact) mass is 218 g/mol. The van der Waals surface area contributed by atoms with Gasteiger partial charge in [-0.2, -0.15) is 0 Å². The average Bonchev–Trinajstić information content (AvgIpc) is 2.28. The fraction of sp³-hybridized carbons (Fsp3) is 0.571. The second-order valence-corrected chi connectivity index (χ2v) is 4.92. The minimum Gasteiger partial charge on any atom is -0.314 e. The number of likely N-dealkylation sites (N-methyl/N-ethyl adjacent to an activating group) is 1. The minimum absolute atomic E-state index is 0.535. The molecule has 1 heterocycles. The maximum Gasteiger partial charge on any atom is 0.0472 e. The zero-order valence-electron chi connectivity index (χ0n) is 10.8. The summed E-state index contributed by atoms with van der Waals surface area (Å²) in [5.41, 5.74) is 5.78. The van der Waals surface area contributed by atoms with Gasteiger partial charge in [-0.15, -0.1) is 0 Å². The molecule has 1 aliphatic heterocycles. The van der Waals surface area contributed by atoms with Gasteiger partial charge in [-0.05, 0) is 50.1 Å². The van der Waals surface area contributed by atoms with Gasteiger partial charge in [0.2, 0.25) is 0 Å². The van der Waals surface area contributed by atoms with E-state index in [1.165, 1.54) is 22.3 Å². The van der Waals surface area contributed by atoms with E-state index < -0.39 is 0 Å². The van der Waals surface area contributed by atoms with Crippen molar-refractivity contribution in [1.82, 2.24) is 10.2 Å². The van der Waals surface area contributed by atoms with Crippen LogP contribution in [0.15, 0.2) is 12.1 Å². The van der Waals surface area contributed by atoms with Crippen LogP contribution in [-0.4, -0.2) is 31.6 Å². The lowest BCUT2D eigenvalue weighted by atomic mass is 9.93. The highest BCUT2D eigenvalue weighted by Crippen LogP contribution is 2.27. The van der Waals surface area contributed by atoms with Gasteiger partial charge < -0.3 is 5.32 Å². The van der Waals surface area contributed by atoms with Gasteiger partial charge in [0.15, 0.2) is 0 Å². The summed E-state index contributed by atoms with van der Waals surface area (Å²) in [5.74, 6) is 0. The predicted octanol–water partition coefficient (Wildman–Crippen LogP) is 2.19. The lowest BCUT2D eigenvalue weighted by Crippen LogP contribution is -2.44. The number of benzene rings is 1. The number of nitrogens with one attached hydrogen (secondary N) is 1. The van der Waals surface area contributed by atoms with Crippen LogP contribution in [0.2, 0.25) is 0 Å². The Morgan fingerprint density at radius 2 is 1.94 bits per heavy atom. The van der Waals surface area contributed by atoms with E-state index in [1.54, 1.807) is 0 Å². The van der Waals surface area contributed by atoms with Gasteiger partial charge in [0, 0.05) is 25.7 Å². The Hall–Kier alpha value is -0.860. The highest BCUT2D eigenvalue weighted by Gasteiger charge is 2.22. The molecule has 2 nitrogen and oxygen atoms in total. The number of hydrogen-bond donors (Lipinski definition) is 1.